The first kappa shape index (κ1) is 18.6. The van der Waals surface area contributed by atoms with E-state index in [0.29, 0.717) is 18.0 Å². The molecule has 4 nitrogen and oxygen atoms in total. The maximum absolute atomic E-state index is 12.5. The molecule has 4 heteroatoms. The molecule has 0 spiro atoms. The van der Waals surface area contributed by atoms with Crippen molar-refractivity contribution in [2.24, 2.45) is 0 Å². The zero-order valence-electron chi connectivity index (χ0n) is 16.0. The van der Waals surface area contributed by atoms with Crippen LogP contribution in [0.1, 0.15) is 46.8 Å². The van der Waals surface area contributed by atoms with Gasteiger partial charge in [0.2, 0.25) is 0 Å². The average Bonchev–Trinajstić information content (AvgIpc) is 2.67. The van der Waals surface area contributed by atoms with Crippen LogP contribution < -0.4 is 10.6 Å². The highest BCUT2D eigenvalue weighted by atomic mass is 16.1. The molecule has 0 saturated heterocycles. The number of amides is 1. The molecule has 0 radical (unpaired) electrons. The number of aromatic nitrogens is 1. The Hall–Kier alpha value is -3.14. The van der Waals surface area contributed by atoms with Crippen molar-refractivity contribution in [3.63, 3.8) is 0 Å². The summed E-state index contributed by atoms with van der Waals surface area (Å²) >= 11 is 0. The van der Waals surface area contributed by atoms with Crippen molar-refractivity contribution in [2.75, 3.05) is 5.32 Å². The lowest BCUT2D eigenvalue weighted by Gasteiger charge is -2.15. The van der Waals surface area contributed by atoms with Crippen molar-refractivity contribution in [1.82, 2.24) is 10.3 Å². The first-order valence-electron chi connectivity index (χ1n) is 9.18. The van der Waals surface area contributed by atoms with Crippen molar-refractivity contribution in [2.45, 2.75) is 33.2 Å². The van der Waals surface area contributed by atoms with Crippen LogP contribution in [0.2, 0.25) is 0 Å². The number of para-hydroxylation sites is 1. The third-order valence-corrected chi connectivity index (χ3v) is 4.56. The normalized spacial score (nSPS) is 10.7. The van der Waals surface area contributed by atoms with Gasteiger partial charge in [0.05, 0.1) is 17.4 Å². The summed E-state index contributed by atoms with van der Waals surface area (Å²) in [4.78, 5) is 16.8. The van der Waals surface area contributed by atoms with E-state index in [-0.39, 0.29) is 5.91 Å². The molecule has 0 aliphatic heterocycles. The number of carbonyl (C=O) groups excluding carboxylic acids is 1. The average molecular weight is 359 g/mol. The summed E-state index contributed by atoms with van der Waals surface area (Å²) in [5.41, 5.74) is 5.87. The molecule has 1 amide bonds. The van der Waals surface area contributed by atoms with Crippen LogP contribution in [-0.2, 0) is 6.54 Å². The molecule has 3 rings (SSSR count). The Bertz CT molecular complexity index is 934. The van der Waals surface area contributed by atoms with Gasteiger partial charge in [-0.3, -0.25) is 9.78 Å². The topological polar surface area (TPSA) is 54.0 Å². The number of carbonyl (C=O) groups is 1. The number of benzene rings is 2. The molecule has 0 fully saturated rings. The van der Waals surface area contributed by atoms with E-state index in [0.717, 1.165) is 22.5 Å². The van der Waals surface area contributed by atoms with Crippen molar-refractivity contribution >= 4 is 17.3 Å². The third kappa shape index (κ3) is 4.73. The fourth-order valence-corrected chi connectivity index (χ4v) is 2.99. The fourth-order valence-electron chi connectivity index (χ4n) is 2.99. The van der Waals surface area contributed by atoms with E-state index in [4.69, 9.17) is 0 Å². The highest BCUT2D eigenvalue weighted by Gasteiger charge is 2.10. The third-order valence-electron chi connectivity index (χ3n) is 4.56. The molecule has 138 valence electrons. The van der Waals surface area contributed by atoms with Crippen LogP contribution in [0.4, 0.5) is 11.4 Å². The quantitative estimate of drug-likeness (QED) is 0.637. The number of hydrogen-bond donors (Lipinski definition) is 2. The van der Waals surface area contributed by atoms with E-state index in [1.54, 1.807) is 12.4 Å². The predicted molar refractivity (Wildman–Crippen MR) is 110 cm³/mol. The second kappa shape index (κ2) is 8.49. The van der Waals surface area contributed by atoms with Gasteiger partial charge in [-0.15, -0.1) is 0 Å². The first-order chi connectivity index (χ1) is 13.0. The van der Waals surface area contributed by atoms with Gasteiger partial charge in [0.15, 0.2) is 0 Å². The Morgan fingerprint density at radius 3 is 2.56 bits per heavy atom. The van der Waals surface area contributed by atoms with E-state index in [1.165, 1.54) is 5.56 Å². The summed E-state index contributed by atoms with van der Waals surface area (Å²) in [5.74, 6) is 0.272. The largest absolute Gasteiger partial charge is 0.354 e. The number of anilines is 2. The van der Waals surface area contributed by atoms with Gasteiger partial charge in [-0.2, -0.15) is 0 Å². The first-order valence-corrected chi connectivity index (χ1v) is 9.18. The molecule has 0 unspecified atom stereocenters. The van der Waals surface area contributed by atoms with Gasteiger partial charge in [0, 0.05) is 18.4 Å². The Labute approximate surface area is 160 Å². The van der Waals surface area contributed by atoms with Crippen LogP contribution in [0, 0.1) is 6.92 Å². The molecule has 0 atom stereocenters. The minimum Gasteiger partial charge on any atom is -0.354 e. The van der Waals surface area contributed by atoms with Gasteiger partial charge in [0.25, 0.3) is 5.91 Å². The molecule has 0 bridgehead atoms. The predicted octanol–water partition coefficient (Wildman–Crippen LogP) is 5.19. The summed E-state index contributed by atoms with van der Waals surface area (Å²) in [7, 11) is 0. The standard InChI is InChI=1S/C23H25N3O/c1-16(2)21-10-6-7-11-22(21)26-20-12-19(13-24-15-20)23(27)25-14-18-9-5-4-8-17(18)3/h4-13,15-16,26H,14H2,1-3H3,(H,25,27). The second-order valence-electron chi connectivity index (χ2n) is 6.94. The van der Waals surface area contributed by atoms with E-state index < -0.39 is 0 Å². The molecule has 27 heavy (non-hydrogen) atoms. The molecule has 3 aromatic rings. The van der Waals surface area contributed by atoms with Crippen molar-refractivity contribution in [3.05, 3.63) is 89.2 Å². The molecule has 1 heterocycles. The minimum absolute atomic E-state index is 0.133. The Balaban J connectivity index is 1.72. The number of nitrogens with one attached hydrogen (secondary N) is 2. The maximum atomic E-state index is 12.5. The molecule has 0 aliphatic rings. The highest BCUT2D eigenvalue weighted by Crippen LogP contribution is 2.26. The van der Waals surface area contributed by atoms with Crippen LogP contribution in [0.25, 0.3) is 0 Å². The van der Waals surface area contributed by atoms with Crippen LogP contribution in [0.15, 0.2) is 67.0 Å². The zero-order valence-corrected chi connectivity index (χ0v) is 16.0. The molecule has 2 aromatic carbocycles. The lowest BCUT2D eigenvalue weighted by molar-refractivity contribution is 0.0950. The van der Waals surface area contributed by atoms with E-state index in [9.17, 15) is 4.79 Å². The summed E-state index contributed by atoms with van der Waals surface area (Å²) in [6.07, 6.45) is 3.32. The van der Waals surface area contributed by atoms with Gasteiger partial charge in [-0.25, -0.2) is 0 Å². The van der Waals surface area contributed by atoms with Crippen molar-refractivity contribution in [1.29, 1.82) is 0 Å². The Morgan fingerprint density at radius 2 is 1.78 bits per heavy atom. The number of pyridine rings is 1. The van der Waals surface area contributed by atoms with E-state index >= 15 is 0 Å². The summed E-state index contributed by atoms with van der Waals surface area (Å²) < 4.78 is 0. The molecular weight excluding hydrogens is 334 g/mol. The van der Waals surface area contributed by atoms with E-state index in [2.05, 4.69) is 35.5 Å². The minimum atomic E-state index is -0.133. The molecule has 0 saturated carbocycles. The number of aryl methyl sites for hydroxylation is 1. The summed E-state index contributed by atoms with van der Waals surface area (Å²) in [6, 6.07) is 18.1. The summed E-state index contributed by atoms with van der Waals surface area (Å²) in [5, 5.41) is 6.36. The SMILES string of the molecule is Cc1ccccc1CNC(=O)c1cncc(Nc2ccccc2C(C)C)c1. The van der Waals surface area contributed by atoms with Gasteiger partial charge < -0.3 is 10.6 Å². The van der Waals surface area contributed by atoms with Crippen LogP contribution >= 0.6 is 0 Å². The van der Waals surface area contributed by atoms with Crippen molar-refractivity contribution in [3.8, 4) is 0 Å². The van der Waals surface area contributed by atoms with E-state index in [1.807, 2.05) is 55.5 Å². The number of hydrogen-bond acceptors (Lipinski definition) is 3. The smallest absolute Gasteiger partial charge is 0.253 e. The Morgan fingerprint density at radius 1 is 1.04 bits per heavy atom. The highest BCUT2D eigenvalue weighted by molar-refractivity contribution is 5.94. The monoisotopic (exact) mass is 359 g/mol. The molecule has 2 N–H and O–H groups in total. The van der Waals surface area contributed by atoms with Gasteiger partial charge in [-0.05, 0) is 41.7 Å². The molecular formula is C23H25N3O. The number of nitrogens with zero attached hydrogens (tertiary/aromatic N) is 1. The van der Waals surface area contributed by atoms with Crippen molar-refractivity contribution < 1.29 is 4.79 Å². The van der Waals surface area contributed by atoms with Gasteiger partial charge in [0.1, 0.15) is 0 Å². The number of rotatable bonds is 6. The van der Waals surface area contributed by atoms with Gasteiger partial charge in [-0.1, -0.05) is 56.3 Å². The fraction of sp³-hybridized carbons (Fsp3) is 0.217. The lowest BCUT2D eigenvalue weighted by atomic mass is 10.0. The van der Waals surface area contributed by atoms with Crippen LogP contribution in [0.3, 0.4) is 0 Å². The van der Waals surface area contributed by atoms with Crippen LogP contribution in [-0.4, -0.2) is 10.9 Å². The molecule has 0 aliphatic carbocycles. The summed E-state index contributed by atoms with van der Waals surface area (Å²) in [6.45, 7) is 6.86. The lowest BCUT2D eigenvalue weighted by Crippen LogP contribution is -2.23. The second-order valence-corrected chi connectivity index (χ2v) is 6.94. The Kier molecular flexibility index (Phi) is 5.87. The zero-order chi connectivity index (χ0) is 19.2. The molecule has 1 aromatic heterocycles. The van der Waals surface area contributed by atoms with Gasteiger partial charge >= 0.3 is 0 Å². The maximum Gasteiger partial charge on any atom is 0.253 e. The van der Waals surface area contributed by atoms with Crippen LogP contribution in [0.5, 0.6) is 0 Å².